The zero-order chi connectivity index (χ0) is 14.2. The molecule has 0 radical (unpaired) electrons. The zero-order valence-electron chi connectivity index (χ0n) is 9.71. The largest absolute Gasteiger partial charge is 0.524 e. The average molecular weight is 291 g/mol. The minimum absolute atomic E-state index is 0.312. The molecule has 0 amide bonds. The van der Waals surface area contributed by atoms with E-state index < -0.39 is 32.0 Å². The highest BCUT2D eigenvalue weighted by Crippen LogP contribution is 2.41. The molecule has 2 unspecified atom stereocenters. The summed E-state index contributed by atoms with van der Waals surface area (Å²) in [6.45, 7) is 0. The van der Waals surface area contributed by atoms with Crippen LogP contribution in [0, 0.1) is 0 Å². The fourth-order valence-electron chi connectivity index (χ4n) is 1.71. The van der Waals surface area contributed by atoms with Gasteiger partial charge < -0.3 is 25.2 Å². The fourth-order valence-corrected chi connectivity index (χ4v) is 2.12. The molecule has 0 bridgehead atoms. The van der Waals surface area contributed by atoms with Crippen LogP contribution >= 0.6 is 7.82 Å². The van der Waals surface area contributed by atoms with Crippen LogP contribution in [0.4, 0.5) is 0 Å². The summed E-state index contributed by atoms with van der Waals surface area (Å²) in [4.78, 5) is 17.3. The molecule has 6 N–H and O–H groups in total. The molecule has 1 aromatic rings. The number of aromatic hydroxyl groups is 1. The lowest BCUT2D eigenvalue weighted by atomic mass is 10.0. The molecule has 0 aromatic heterocycles. The van der Waals surface area contributed by atoms with E-state index in [1.165, 1.54) is 18.2 Å². The van der Waals surface area contributed by atoms with Crippen molar-refractivity contribution in [2.45, 2.75) is 24.9 Å². The van der Waals surface area contributed by atoms with Crippen molar-refractivity contribution in [1.82, 2.24) is 0 Å². The lowest BCUT2D eigenvalue weighted by Crippen LogP contribution is -2.30. The second kappa shape index (κ2) is 5.09. The number of aliphatic hydroxyl groups is 1. The second-order valence-electron chi connectivity index (χ2n) is 4.24. The predicted octanol–water partition coefficient (Wildman–Crippen LogP) is -0.549. The lowest BCUT2D eigenvalue weighted by molar-refractivity contribution is 0.155. The summed E-state index contributed by atoms with van der Waals surface area (Å²) in [5.74, 6) is -0.710. The average Bonchev–Trinajstić information content (AvgIpc) is 2.98. The molecule has 1 saturated heterocycles. The van der Waals surface area contributed by atoms with Gasteiger partial charge in [-0.15, -0.1) is 0 Å². The van der Waals surface area contributed by atoms with Crippen LogP contribution in [-0.2, 0) is 15.7 Å². The number of epoxide rings is 1. The van der Waals surface area contributed by atoms with Crippen molar-refractivity contribution < 1.29 is 33.8 Å². The van der Waals surface area contributed by atoms with E-state index in [4.69, 9.17) is 25.4 Å². The van der Waals surface area contributed by atoms with Gasteiger partial charge in [0.05, 0.1) is 0 Å². The molecule has 1 aromatic carbocycles. The van der Waals surface area contributed by atoms with Gasteiger partial charge in [-0.3, -0.25) is 9.79 Å². The van der Waals surface area contributed by atoms with Gasteiger partial charge in [0.25, 0.3) is 0 Å². The summed E-state index contributed by atoms with van der Waals surface area (Å²) < 4.78 is 19.7. The maximum Gasteiger partial charge on any atom is 0.524 e. The van der Waals surface area contributed by atoms with E-state index in [9.17, 15) is 9.67 Å². The summed E-state index contributed by atoms with van der Waals surface area (Å²) in [5, 5.41) is 18.6. The standard InChI is InChI=1S/C10H14NO7P/c11-6(9-10(13)17-9)3-5-1-2-8(7(12)4-5)18-19(14,15)16/h1-2,4,6,9-10,12-13H,3,11H2,(H2,14,15,16)/t6-,9?,10?/m0/s1. The molecule has 0 spiro atoms. The van der Waals surface area contributed by atoms with Gasteiger partial charge in [-0.05, 0) is 24.1 Å². The normalized spacial score (nSPS) is 24.0. The summed E-state index contributed by atoms with van der Waals surface area (Å²) in [5.41, 5.74) is 6.40. The second-order valence-corrected chi connectivity index (χ2v) is 5.41. The van der Waals surface area contributed by atoms with E-state index >= 15 is 0 Å². The van der Waals surface area contributed by atoms with E-state index in [-0.39, 0.29) is 5.75 Å². The van der Waals surface area contributed by atoms with E-state index in [0.29, 0.717) is 12.0 Å². The van der Waals surface area contributed by atoms with Crippen molar-refractivity contribution >= 4 is 7.82 Å². The molecule has 8 nitrogen and oxygen atoms in total. The SMILES string of the molecule is N[C@@H](Cc1ccc(OP(=O)(O)O)c(O)c1)C1OC1O. The van der Waals surface area contributed by atoms with Crippen molar-refractivity contribution in [2.24, 2.45) is 5.73 Å². The first-order valence-corrected chi connectivity index (χ1v) is 6.95. The maximum atomic E-state index is 10.6. The van der Waals surface area contributed by atoms with Crippen LogP contribution in [0.1, 0.15) is 5.56 Å². The number of ether oxygens (including phenoxy) is 1. The molecule has 2 rings (SSSR count). The Morgan fingerprint density at radius 2 is 2.11 bits per heavy atom. The molecule has 19 heavy (non-hydrogen) atoms. The molecule has 1 aliphatic heterocycles. The van der Waals surface area contributed by atoms with E-state index in [0.717, 1.165) is 0 Å². The van der Waals surface area contributed by atoms with Gasteiger partial charge in [-0.25, -0.2) is 4.57 Å². The van der Waals surface area contributed by atoms with Crippen molar-refractivity contribution in [3.05, 3.63) is 23.8 Å². The van der Waals surface area contributed by atoms with Crippen LogP contribution in [0.25, 0.3) is 0 Å². The first-order valence-electron chi connectivity index (χ1n) is 5.42. The molecule has 3 atom stereocenters. The third-order valence-corrected chi connectivity index (χ3v) is 3.07. The van der Waals surface area contributed by atoms with Gasteiger partial charge in [0.2, 0.25) is 0 Å². The minimum atomic E-state index is -4.71. The van der Waals surface area contributed by atoms with Crippen LogP contribution < -0.4 is 10.3 Å². The monoisotopic (exact) mass is 291 g/mol. The Kier molecular flexibility index (Phi) is 3.82. The molecule has 1 heterocycles. The number of benzene rings is 1. The molecule has 0 aliphatic carbocycles. The fraction of sp³-hybridized carbons (Fsp3) is 0.400. The first-order chi connectivity index (χ1) is 8.76. The number of rotatable bonds is 5. The maximum absolute atomic E-state index is 10.6. The Labute approximate surface area is 108 Å². The summed E-state index contributed by atoms with van der Waals surface area (Å²) in [7, 11) is -4.71. The van der Waals surface area contributed by atoms with Crippen molar-refractivity contribution in [3.63, 3.8) is 0 Å². The van der Waals surface area contributed by atoms with E-state index in [1.54, 1.807) is 0 Å². The number of nitrogens with two attached hydrogens (primary N) is 1. The Bertz CT molecular complexity index is 517. The van der Waals surface area contributed by atoms with Crippen molar-refractivity contribution in [1.29, 1.82) is 0 Å². The molecular formula is C10H14NO7P. The number of phenols is 1. The van der Waals surface area contributed by atoms with Crippen LogP contribution in [0.5, 0.6) is 11.5 Å². The Morgan fingerprint density at radius 1 is 1.47 bits per heavy atom. The Hall–Kier alpha value is -1.15. The van der Waals surface area contributed by atoms with Crippen LogP contribution in [0.2, 0.25) is 0 Å². The van der Waals surface area contributed by atoms with Gasteiger partial charge in [-0.2, -0.15) is 0 Å². The van der Waals surface area contributed by atoms with Gasteiger partial charge in [-0.1, -0.05) is 6.07 Å². The quantitative estimate of drug-likeness (QED) is 0.359. The number of aliphatic hydroxyl groups excluding tert-OH is 1. The predicted molar refractivity (Wildman–Crippen MR) is 63.3 cm³/mol. The minimum Gasteiger partial charge on any atom is -0.504 e. The summed E-state index contributed by atoms with van der Waals surface area (Å²) in [6, 6.07) is 3.61. The Morgan fingerprint density at radius 3 is 2.58 bits per heavy atom. The van der Waals surface area contributed by atoms with Gasteiger partial charge >= 0.3 is 7.82 Å². The zero-order valence-corrected chi connectivity index (χ0v) is 10.6. The summed E-state index contributed by atoms with van der Waals surface area (Å²) in [6.07, 6.45) is -0.931. The van der Waals surface area contributed by atoms with Crippen LogP contribution in [0.15, 0.2) is 18.2 Å². The first kappa shape index (κ1) is 14.3. The van der Waals surface area contributed by atoms with Gasteiger partial charge in [0.15, 0.2) is 17.8 Å². The third kappa shape index (κ3) is 3.90. The third-order valence-electron chi connectivity index (χ3n) is 2.64. The number of phosphoric ester groups is 1. The Balaban J connectivity index is 2.04. The smallest absolute Gasteiger partial charge is 0.504 e. The molecular weight excluding hydrogens is 277 g/mol. The topological polar surface area (TPSA) is 146 Å². The number of hydrogen-bond donors (Lipinski definition) is 5. The van der Waals surface area contributed by atoms with Crippen LogP contribution in [0.3, 0.4) is 0 Å². The van der Waals surface area contributed by atoms with Gasteiger partial charge in [0, 0.05) is 6.04 Å². The van der Waals surface area contributed by atoms with Crippen LogP contribution in [-0.4, -0.2) is 38.4 Å². The van der Waals surface area contributed by atoms with E-state index in [2.05, 4.69) is 4.52 Å². The highest BCUT2D eigenvalue weighted by atomic mass is 31.2. The number of hydrogen-bond acceptors (Lipinski definition) is 6. The summed E-state index contributed by atoms with van der Waals surface area (Å²) >= 11 is 0. The molecule has 1 aliphatic rings. The molecule has 106 valence electrons. The number of phenolic OH excluding ortho intramolecular Hbond substituents is 1. The molecule has 1 fully saturated rings. The van der Waals surface area contributed by atoms with E-state index in [1.807, 2.05) is 0 Å². The highest BCUT2D eigenvalue weighted by Gasteiger charge is 2.41. The number of phosphoric acid groups is 1. The van der Waals surface area contributed by atoms with Gasteiger partial charge in [0.1, 0.15) is 6.10 Å². The van der Waals surface area contributed by atoms with Crippen molar-refractivity contribution in [3.8, 4) is 11.5 Å². The lowest BCUT2D eigenvalue weighted by Gasteiger charge is -2.11. The molecule has 9 heteroatoms. The highest BCUT2D eigenvalue weighted by molar-refractivity contribution is 7.46. The molecule has 0 saturated carbocycles. The van der Waals surface area contributed by atoms with Crippen molar-refractivity contribution in [2.75, 3.05) is 0 Å².